The average Bonchev–Trinajstić information content (AvgIpc) is 2.85. The van der Waals surface area contributed by atoms with E-state index in [0.29, 0.717) is 6.61 Å². The molecule has 0 saturated carbocycles. The van der Waals surface area contributed by atoms with Crippen LogP contribution in [0.25, 0.3) is 11.0 Å². The molecule has 0 saturated heterocycles. The lowest BCUT2D eigenvalue weighted by Gasteiger charge is -2.16. The highest BCUT2D eigenvalue weighted by atomic mass is 16.5. The SMILES string of the molecule is CCCOCC(Cc1nc2ccccc2n1CCC)NN. The summed E-state index contributed by atoms with van der Waals surface area (Å²) in [6.45, 7) is 6.64. The first kappa shape index (κ1) is 15.9. The molecule has 0 spiro atoms. The third-order valence-electron chi connectivity index (χ3n) is 3.51. The summed E-state index contributed by atoms with van der Waals surface area (Å²) >= 11 is 0. The van der Waals surface area contributed by atoms with Gasteiger partial charge >= 0.3 is 0 Å². The van der Waals surface area contributed by atoms with E-state index >= 15 is 0 Å². The second-order valence-corrected chi connectivity index (χ2v) is 5.31. The van der Waals surface area contributed by atoms with Crippen molar-refractivity contribution >= 4 is 11.0 Å². The third-order valence-corrected chi connectivity index (χ3v) is 3.51. The van der Waals surface area contributed by atoms with E-state index in [-0.39, 0.29) is 6.04 Å². The first-order valence-corrected chi connectivity index (χ1v) is 7.78. The number of aromatic nitrogens is 2. The van der Waals surface area contributed by atoms with Crippen LogP contribution in [0.4, 0.5) is 0 Å². The average molecular weight is 290 g/mol. The molecule has 3 N–H and O–H groups in total. The zero-order valence-electron chi connectivity index (χ0n) is 13.0. The maximum Gasteiger partial charge on any atom is 0.111 e. The second kappa shape index (κ2) is 8.12. The Morgan fingerprint density at radius 1 is 1.29 bits per heavy atom. The van der Waals surface area contributed by atoms with E-state index in [1.54, 1.807) is 0 Å². The molecule has 0 bridgehead atoms. The van der Waals surface area contributed by atoms with E-state index in [0.717, 1.165) is 43.8 Å². The van der Waals surface area contributed by atoms with Crippen LogP contribution < -0.4 is 11.3 Å². The van der Waals surface area contributed by atoms with Crippen molar-refractivity contribution in [2.45, 2.75) is 45.7 Å². The molecule has 0 amide bonds. The smallest absolute Gasteiger partial charge is 0.111 e. The fraction of sp³-hybridized carbons (Fsp3) is 0.562. The van der Waals surface area contributed by atoms with Crippen molar-refractivity contribution in [3.8, 4) is 0 Å². The van der Waals surface area contributed by atoms with Gasteiger partial charge in [0.1, 0.15) is 5.82 Å². The highest BCUT2D eigenvalue weighted by Gasteiger charge is 2.15. The van der Waals surface area contributed by atoms with Crippen molar-refractivity contribution in [1.82, 2.24) is 15.0 Å². The van der Waals surface area contributed by atoms with Gasteiger partial charge in [0, 0.05) is 19.6 Å². The molecule has 2 aromatic rings. The molecule has 2 rings (SSSR count). The van der Waals surface area contributed by atoms with Crippen molar-refractivity contribution < 1.29 is 4.74 Å². The van der Waals surface area contributed by atoms with E-state index in [1.807, 2.05) is 6.07 Å². The Balaban J connectivity index is 2.17. The summed E-state index contributed by atoms with van der Waals surface area (Å²) in [5, 5.41) is 0. The summed E-state index contributed by atoms with van der Waals surface area (Å²) in [4.78, 5) is 4.76. The van der Waals surface area contributed by atoms with Crippen LogP contribution in [-0.2, 0) is 17.7 Å². The van der Waals surface area contributed by atoms with Gasteiger partial charge in [-0.25, -0.2) is 4.98 Å². The molecule has 116 valence electrons. The van der Waals surface area contributed by atoms with Gasteiger partial charge in [-0.05, 0) is 25.0 Å². The van der Waals surface area contributed by atoms with Gasteiger partial charge in [-0.15, -0.1) is 0 Å². The topological polar surface area (TPSA) is 65.1 Å². The summed E-state index contributed by atoms with van der Waals surface area (Å²) in [6, 6.07) is 8.36. The molecule has 0 aliphatic rings. The van der Waals surface area contributed by atoms with Gasteiger partial charge in [-0.3, -0.25) is 11.3 Å². The van der Waals surface area contributed by atoms with E-state index in [2.05, 4.69) is 42.0 Å². The minimum Gasteiger partial charge on any atom is -0.380 e. The normalized spacial score (nSPS) is 12.9. The molecule has 21 heavy (non-hydrogen) atoms. The first-order chi connectivity index (χ1) is 10.3. The fourth-order valence-electron chi connectivity index (χ4n) is 2.51. The van der Waals surface area contributed by atoms with E-state index in [4.69, 9.17) is 15.6 Å². The molecule has 1 aromatic heterocycles. The summed E-state index contributed by atoms with van der Waals surface area (Å²) < 4.78 is 7.89. The molecule has 0 aliphatic carbocycles. The number of nitrogens with zero attached hydrogens (tertiary/aromatic N) is 2. The Morgan fingerprint density at radius 2 is 2.10 bits per heavy atom. The number of hydrogen-bond donors (Lipinski definition) is 2. The molecular weight excluding hydrogens is 264 g/mol. The Bertz CT molecular complexity index is 552. The molecule has 1 aromatic carbocycles. The minimum atomic E-state index is 0.0870. The highest BCUT2D eigenvalue weighted by molar-refractivity contribution is 5.75. The number of imidazole rings is 1. The minimum absolute atomic E-state index is 0.0870. The van der Waals surface area contributed by atoms with E-state index < -0.39 is 0 Å². The van der Waals surface area contributed by atoms with Gasteiger partial charge in [-0.1, -0.05) is 26.0 Å². The standard InChI is InChI=1S/C16H26N4O/c1-3-9-20-15-8-6-5-7-14(15)18-16(20)11-13(19-17)12-21-10-4-2/h5-8,13,19H,3-4,9-12,17H2,1-2H3. The summed E-state index contributed by atoms with van der Waals surface area (Å²) in [5.74, 6) is 6.72. The number of hydrogen-bond acceptors (Lipinski definition) is 4. The number of benzene rings is 1. The van der Waals surface area contributed by atoms with E-state index in [1.165, 1.54) is 5.52 Å². The largest absolute Gasteiger partial charge is 0.380 e. The number of rotatable bonds is 9. The maximum absolute atomic E-state index is 5.65. The van der Waals surface area contributed by atoms with Crippen LogP contribution in [0, 0.1) is 0 Å². The molecular formula is C16H26N4O. The van der Waals surface area contributed by atoms with Crippen LogP contribution in [-0.4, -0.2) is 28.8 Å². The zero-order valence-corrected chi connectivity index (χ0v) is 13.0. The van der Waals surface area contributed by atoms with Crippen molar-refractivity contribution in [2.24, 2.45) is 5.84 Å². The monoisotopic (exact) mass is 290 g/mol. The van der Waals surface area contributed by atoms with Crippen molar-refractivity contribution in [3.63, 3.8) is 0 Å². The third kappa shape index (κ3) is 4.03. The number of ether oxygens (including phenoxy) is 1. The molecule has 5 nitrogen and oxygen atoms in total. The number of nitrogens with one attached hydrogen (secondary N) is 1. The molecule has 1 atom stereocenters. The van der Waals surface area contributed by atoms with Crippen molar-refractivity contribution in [2.75, 3.05) is 13.2 Å². The van der Waals surface area contributed by atoms with Crippen LogP contribution in [0.1, 0.15) is 32.5 Å². The molecule has 0 aliphatic heterocycles. The molecule has 5 heteroatoms. The Morgan fingerprint density at radius 3 is 2.81 bits per heavy atom. The lowest BCUT2D eigenvalue weighted by atomic mass is 10.2. The van der Waals surface area contributed by atoms with Gasteiger partial charge in [0.15, 0.2) is 0 Å². The number of hydrazine groups is 1. The lowest BCUT2D eigenvalue weighted by molar-refractivity contribution is 0.111. The molecule has 0 fully saturated rings. The van der Waals surface area contributed by atoms with Crippen LogP contribution in [0.15, 0.2) is 24.3 Å². The molecule has 0 radical (unpaired) electrons. The lowest BCUT2D eigenvalue weighted by Crippen LogP contribution is -2.41. The van der Waals surface area contributed by atoms with E-state index in [9.17, 15) is 0 Å². The number of para-hydroxylation sites is 2. The molecule has 1 unspecified atom stereocenters. The number of fused-ring (bicyclic) bond motifs is 1. The predicted octanol–water partition coefficient (Wildman–Crippen LogP) is 2.25. The zero-order chi connectivity index (χ0) is 15.1. The van der Waals surface area contributed by atoms with Crippen LogP contribution in [0.5, 0.6) is 0 Å². The Kier molecular flexibility index (Phi) is 6.17. The van der Waals surface area contributed by atoms with Crippen LogP contribution >= 0.6 is 0 Å². The Hall–Kier alpha value is -1.43. The van der Waals surface area contributed by atoms with Crippen molar-refractivity contribution in [3.05, 3.63) is 30.1 Å². The summed E-state index contributed by atoms with van der Waals surface area (Å²) in [6.07, 6.45) is 2.88. The number of aryl methyl sites for hydroxylation is 1. The Labute approximate surface area is 126 Å². The summed E-state index contributed by atoms with van der Waals surface area (Å²) in [7, 11) is 0. The highest BCUT2D eigenvalue weighted by Crippen LogP contribution is 2.17. The van der Waals surface area contributed by atoms with Gasteiger partial charge in [0.2, 0.25) is 0 Å². The fourth-order valence-corrected chi connectivity index (χ4v) is 2.51. The van der Waals surface area contributed by atoms with Crippen molar-refractivity contribution in [1.29, 1.82) is 0 Å². The van der Waals surface area contributed by atoms with Gasteiger partial charge < -0.3 is 9.30 Å². The molecule has 1 heterocycles. The second-order valence-electron chi connectivity index (χ2n) is 5.31. The van der Waals surface area contributed by atoms with Gasteiger partial charge in [-0.2, -0.15) is 0 Å². The van der Waals surface area contributed by atoms with Gasteiger partial charge in [0.05, 0.1) is 23.7 Å². The van der Waals surface area contributed by atoms with Gasteiger partial charge in [0.25, 0.3) is 0 Å². The quantitative estimate of drug-likeness (QED) is 0.422. The van der Waals surface area contributed by atoms with Crippen LogP contribution in [0.3, 0.4) is 0 Å². The first-order valence-electron chi connectivity index (χ1n) is 7.78. The maximum atomic E-state index is 5.65. The van der Waals surface area contributed by atoms with Crippen LogP contribution in [0.2, 0.25) is 0 Å². The summed E-state index contributed by atoms with van der Waals surface area (Å²) in [5.41, 5.74) is 5.09. The number of nitrogens with two attached hydrogens (primary N) is 1. The predicted molar refractivity (Wildman–Crippen MR) is 85.9 cm³/mol.